The fraction of sp³-hybridized carbons (Fsp3) is 0.227. The Kier molecular flexibility index (Phi) is 6.69. The van der Waals surface area contributed by atoms with Crippen molar-refractivity contribution in [2.45, 2.75) is 13.1 Å². The van der Waals surface area contributed by atoms with E-state index in [1.807, 2.05) is 24.3 Å². The first-order valence-electron chi connectivity index (χ1n) is 9.25. The number of hydrogen-bond acceptors (Lipinski definition) is 6. The third kappa shape index (κ3) is 4.78. The molecule has 0 atom stereocenters. The lowest BCUT2D eigenvalue weighted by Gasteiger charge is -2.12. The highest BCUT2D eigenvalue weighted by Gasteiger charge is 2.13. The zero-order valence-corrected chi connectivity index (χ0v) is 17.0. The summed E-state index contributed by atoms with van der Waals surface area (Å²) in [6, 6.07) is 15.6. The number of carbonyl (C=O) groups excluding carboxylic acids is 1. The monoisotopic (exact) mass is 409 g/mol. The number of benzene rings is 2. The number of para-hydroxylation sites is 1. The molecule has 3 rings (SSSR count). The van der Waals surface area contributed by atoms with Gasteiger partial charge in [0, 0.05) is 23.7 Å². The minimum Gasteiger partial charge on any atom is -0.497 e. The first-order valence-corrected chi connectivity index (χ1v) is 9.25. The van der Waals surface area contributed by atoms with Crippen molar-refractivity contribution in [1.29, 1.82) is 0 Å². The summed E-state index contributed by atoms with van der Waals surface area (Å²) in [5.74, 6) is 1.54. The zero-order valence-electron chi connectivity index (χ0n) is 17.0. The van der Waals surface area contributed by atoms with Crippen LogP contribution in [-0.4, -0.2) is 37.0 Å². The quantitative estimate of drug-likeness (QED) is 0.614. The number of ether oxygens (including phenoxy) is 3. The first kappa shape index (κ1) is 20.9. The molecule has 0 saturated heterocycles. The molecule has 1 heterocycles. The molecule has 0 aliphatic rings. The summed E-state index contributed by atoms with van der Waals surface area (Å²) in [4.78, 5) is 24.6. The Balaban J connectivity index is 1.79. The van der Waals surface area contributed by atoms with Gasteiger partial charge in [0.2, 0.25) is 5.91 Å². The molecule has 0 radical (unpaired) electrons. The van der Waals surface area contributed by atoms with Gasteiger partial charge in [0.1, 0.15) is 23.8 Å². The molecular formula is C22H23N3O5. The molecule has 0 bridgehead atoms. The van der Waals surface area contributed by atoms with Gasteiger partial charge in [-0.1, -0.05) is 18.2 Å². The molecule has 0 fully saturated rings. The minimum atomic E-state index is -0.381. The van der Waals surface area contributed by atoms with Gasteiger partial charge >= 0.3 is 0 Å². The molecule has 0 saturated carbocycles. The highest BCUT2D eigenvalue weighted by molar-refractivity contribution is 5.76. The molecule has 3 aromatic rings. The van der Waals surface area contributed by atoms with Gasteiger partial charge < -0.3 is 19.5 Å². The van der Waals surface area contributed by atoms with E-state index in [0.717, 1.165) is 10.2 Å². The van der Waals surface area contributed by atoms with Crippen LogP contribution in [0.25, 0.3) is 11.3 Å². The van der Waals surface area contributed by atoms with E-state index in [1.165, 1.54) is 6.07 Å². The largest absolute Gasteiger partial charge is 0.497 e. The predicted octanol–water partition coefficient (Wildman–Crippen LogP) is 2.25. The van der Waals surface area contributed by atoms with Crippen LogP contribution in [0.4, 0.5) is 0 Å². The average molecular weight is 409 g/mol. The van der Waals surface area contributed by atoms with E-state index in [2.05, 4.69) is 10.4 Å². The fourth-order valence-corrected chi connectivity index (χ4v) is 2.95. The van der Waals surface area contributed by atoms with E-state index in [1.54, 1.807) is 45.6 Å². The highest BCUT2D eigenvalue weighted by Crippen LogP contribution is 2.31. The SMILES string of the molecule is COc1ccc(OC)c(-c2ccc(=O)n(CC(=O)NCc3ccccc3OC)n2)c1. The normalized spacial score (nSPS) is 10.4. The molecule has 2 aromatic carbocycles. The lowest BCUT2D eigenvalue weighted by Crippen LogP contribution is -2.33. The van der Waals surface area contributed by atoms with Crippen LogP contribution in [0.15, 0.2) is 59.4 Å². The molecule has 156 valence electrons. The number of methoxy groups -OCH3 is 3. The van der Waals surface area contributed by atoms with Crippen LogP contribution in [0.2, 0.25) is 0 Å². The summed E-state index contributed by atoms with van der Waals surface area (Å²) in [6.07, 6.45) is 0. The van der Waals surface area contributed by atoms with Crippen molar-refractivity contribution in [2.75, 3.05) is 21.3 Å². The number of nitrogens with zero attached hydrogens (tertiary/aromatic N) is 2. The molecule has 0 aliphatic heterocycles. The van der Waals surface area contributed by atoms with Gasteiger partial charge in [-0.3, -0.25) is 9.59 Å². The van der Waals surface area contributed by atoms with Gasteiger partial charge in [0.15, 0.2) is 0 Å². The summed E-state index contributed by atoms with van der Waals surface area (Å²) in [5.41, 5.74) is 1.60. The first-order chi connectivity index (χ1) is 14.5. The Morgan fingerprint density at radius 2 is 1.73 bits per heavy atom. The second-order valence-corrected chi connectivity index (χ2v) is 6.37. The zero-order chi connectivity index (χ0) is 21.5. The molecule has 1 aromatic heterocycles. The molecule has 8 nitrogen and oxygen atoms in total. The van der Waals surface area contributed by atoms with Crippen LogP contribution >= 0.6 is 0 Å². The Morgan fingerprint density at radius 1 is 0.967 bits per heavy atom. The lowest BCUT2D eigenvalue weighted by atomic mass is 10.1. The third-order valence-electron chi connectivity index (χ3n) is 4.51. The Labute approximate surface area is 174 Å². The molecule has 8 heteroatoms. The van der Waals surface area contributed by atoms with E-state index in [0.29, 0.717) is 28.5 Å². The molecule has 0 aliphatic carbocycles. The minimum absolute atomic E-state index is 0.214. The van der Waals surface area contributed by atoms with Crippen LogP contribution < -0.4 is 25.1 Å². The predicted molar refractivity (Wildman–Crippen MR) is 112 cm³/mol. The maximum Gasteiger partial charge on any atom is 0.267 e. The van der Waals surface area contributed by atoms with Gasteiger partial charge in [-0.15, -0.1) is 0 Å². The van der Waals surface area contributed by atoms with Crippen molar-refractivity contribution < 1.29 is 19.0 Å². The smallest absolute Gasteiger partial charge is 0.267 e. The molecule has 1 amide bonds. The van der Waals surface area contributed by atoms with Crippen molar-refractivity contribution in [3.05, 3.63) is 70.5 Å². The van der Waals surface area contributed by atoms with Gasteiger partial charge in [-0.25, -0.2) is 4.68 Å². The van der Waals surface area contributed by atoms with E-state index in [-0.39, 0.29) is 24.6 Å². The summed E-state index contributed by atoms with van der Waals surface area (Å²) in [5, 5.41) is 7.12. The lowest BCUT2D eigenvalue weighted by molar-refractivity contribution is -0.122. The van der Waals surface area contributed by atoms with Crippen molar-refractivity contribution >= 4 is 5.91 Å². The van der Waals surface area contributed by atoms with Crippen molar-refractivity contribution in [2.24, 2.45) is 0 Å². The Hall–Kier alpha value is -3.81. The number of hydrogen-bond donors (Lipinski definition) is 1. The standard InChI is InChI=1S/C22H23N3O5/c1-28-16-8-10-20(30-3)17(12-16)18-9-11-22(27)25(24-18)14-21(26)23-13-15-6-4-5-7-19(15)29-2/h4-12H,13-14H2,1-3H3,(H,23,26). The number of aromatic nitrogens is 2. The maximum atomic E-state index is 12.4. The van der Waals surface area contributed by atoms with Crippen LogP contribution in [0.3, 0.4) is 0 Å². The van der Waals surface area contributed by atoms with Gasteiger partial charge in [0.05, 0.1) is 27.0 Å². The van der Waals surface area contributed by atoms with Gasteiger partial charge in [0.25, 0.3) is 5.56 Å². The topological polar surface area (TPSA) is 91.7 Å². The maximum absolute atomic E-state index is 12.4. The summed E-state index contributed by atoms with van der Waals surface area (Å²) in [7, 11) is 4.68. The van der Waals surface area contributed by atoms with Crippen LogP contribution in [0.1, 0.15) is 5.56 Å². The number of nitrogens with one attached hydrogen (secondary N) is 1. The van der Waals surface area contributed by atoms with E-state index >= 15 is 0 Å². The molecule has 30 heavy (non-hydrogen) atoms. The third-order valence-corrected chi connectivity index (χ3v) is 4.51. The van der Waals surface area contributed by atoms with Crippen LogP contribution in [0, 0.1) is 0 Å². The van der Waals surface area contributed by atoms with Gasteiger partial charge in [-0.05, 0) is 30.3 Å². The summed E-state index contributed by atoms with van der Waals surface area (Å²) in [6.45, 7) is 0.0646. The highest BCUT2D eigenvalue weighted by atomic mass is 16.5. The number of carbonyl (C=O) groups is 1. The second kappa shape index (κ2) is 9.60. The number of amides is 1. The second-order valence-electron chi connectivity index (χ2n) is 6.37. The summed E-state index contributed by atoms with van der Waals surface area (Å²) < 4.78 is 17.0. The Morgan fingerprint density at radius 3 is 2.47 bits per heavy atom. The molecule has 0 unspecified atom stereocenters. The number of rotatable bonds is 8. The average Bonchev–Trinajstić information content (AvgIpc) is 2.78. The van der Waals surface area contributed by atoms with E-state index < -0.39 is 0 Å². The Bertz CT molecular complexity index is 1090. The van der Waals surface area contributed by atoms with Crippen LogP contribution in [-0.2, 0) is 17.9 Å². The van der Waals surface area contributed by atoms with Gasteiger partial charge in [-0.2, -0.15) is 5.10 Å². The van der Waals surface area contributed by atoms with Crippen molar-refractivity contribution in [1.82, 2.24) is 15.1 Å². The van der Waals surface area contributed by atoms with E-state index in [9.17, 15) is 9.59 Å². The van der Waals surface area contributed by atoms with Crippen molar-refractivity contribution in [3.8, 4) is 28.5 Å². The van der Waals surface area contributed by atoms with Crippen molar-refractivity contribution in [3.63, 3.8) is 0 Å². The van der Waals surface area contributed by atoms with Crippen LogP contribution in [0.5, 0.6) is 17.2 Å². The molecule has 0 spiro atoms. The van der Waals surface area contributed by atoms with E-state index in [4.69, 9.17) is 14.2 Å². The fourth-order valence-electron chi connectivity index (χ4n) is 2.95. The summed E-state index contributed by atoms with van der Waals surface area (Å²) >= 11 is 0. The molecular weight excluding hydrogens is 386 g/mol. The molecule has 1 N–H and O–H groups in total.